The number of carboxylic acid groups (broad SMARTS) is 1. The summed E-state index contributed by atoms with van der Waals surface area (Å²) in [5.41, 5.74) is 0. The summed E-state index contributed by atoms with van der Waals surface area (Å²) in [6.07, 6.45) is 11.1. The third-order valence-electron chi connectivity index (χ3n) is 3.94. The zero-order valence-corrected chi connectivity index (χ0v) is 20.3. The van der Waals surface area contributed by atoms with E-state index in [1.807, 2.05) is 0 Å². The Kier molecular flexibility index (Phi) is 28.9. The summed E-state index contributed by atoms with van der Waals surface area (Å²) < 4.78 is 40.4. The maximum absolute atomic E-state index is 9.75. The largest absolute Gasteiger partial charge is 1.00 e. The van der Waals surface area contributed by atoms with E-state index in [4.69, 9.17) is 9.90 Å². The van der Waals surface area contributed by atoms with Gasteiger partial charge in [-0.2, -0.15) is 0 Å². The molecule has 0 aliphatic heterocycles. The fraction of sp³-hybridized carbons (Fsp3) is 0.944. The fourth-order valence-corrected chi connectivity index (χ4v) is 2.64. The number of carboxylic acids is 1. The molecule has 0 aromatic heterocycles. The Bertz CT molecular complexity index is 275. The van der Waals surface area contributed by atoms with Gasteiger partial charge in [0.2, 0.25) is 0 Å². The van der Waals surface area contributed by atoms with Crippen molar-refractivity contribution >= 4 is 13.2 Å². The average Bonchev–Trinajstić information content (AvgIpc) is 2.51. The van der Waals surface area contributed by atoms with Gasteiger partial charge in [0.05, 0.1) is 26.2 Å². The average molecular weight is 411 g/mol. The molecule has 3 nitrogen and oxygen atoms in total. The minimum absolute atomic E-state index is 0. The molecule has 0 N–H and O–H groups in total. The Balaban J connectivity index is -0.000000220. The van der Waals surface area contributed by atoms with Crippen LogP contribution in [0.5, 0.6) is 0 Å². The number of hydrogen-bond donors (Lipinski definition) is 0. The van der Waals surface area contributed by atoms with Crippen LogP contribution in [0.3, 0.4) is 0 Å². The van der Waals surface area contributed by atoms with Gasteiger partial charge in [-0.05, 0) is 32.6 Å². The first-order chi connectivity index (χ1) is 12.0. The van der Waals surface area contributed by atoms with Crippen molar-refractivity contribution in [2.24, 2.45) is 0 Å². The van der Waals surface area contributed by atoms with Gasteiger partial charge in [-0.1, -0.05) is 53.4 Å². The number of aliphatic carboxylic acids is 1. The number of quaternary nitrogens is 1. The minimum Gasteiger partial charge on any atom is -0.550 e. The molecule has 0 aromatic rings. The van der Waals surface area contributed by atoms with Gasteiger partial charge in [-0.15, -0.1) is 0 Å². The number of unbranched alkanes of at least 4 members (excludes halogenated alkanes) is 4. The zero-order valence-electron chi connectivity index (χ0n) is 18.3. The van der Waals surface area contributed by atoms with Crippen molar-refractivity contribution < 1.29 is 61.2 Å². The van der Waals surface area contributed by atoms with Crippen molar-refractivity contribution in [3.8, 4) is 0 Å². The first-order valence-corrected chi connectivity index (χ1v) is 9.87. The molecule has 27 heavy (non-hydrogen) atoms. The molecule has 0 unspecified atom stereocenters. The van der Waals surface area contributed by atoms with E-state index in [0.717, 1.165) is 6.92 Å². The van der Waals surface area contributed by atoms with Crippen molar-refractivity contribution in [1.29, 1.82) is 0 Å². The standard InChI is InChI=1S/C16H36N.C2H4O2.BF4.Na/c1-5-9-13-17(14-10-6-2,15-11-7-3)16-12-8-4;1-2(3)4;2-1(3,4)5;/h5-16H2,1-4H3;1H3,(H,3,4);;/q+1;;-1;+1/p-1. The van der Waals surface area contributed by atoms with E-state index < -0.39 is 13.2 Å². The van der Waals surface area contributed by atoms with Crippen LogP contribution < -0.4 is 34.7 Å². The molecule has 0 radical (unpaired) electrons. The monoisotopic (exact) mass is 411 g/mol. The third kappa shape index (κ3) is 37.6. The van der Waals surface area contributed by atoms with Crippen LogP contribution in [-0.4, -0.2) is 43.9 Å². The molecule has 0 aliphatic carbocycles. The molecular formula is C18H39BF4NNaO2. The van der Waals surface area contributed by atoms with Gasteiger partial charge >= 0.3 is 36.8 Å². The van der Waals surface area contributed by atoms with Gasteiger partial charge in [0.1, 0.15) is 0 Å². The van der Waals surface area contributed by atoms with Crippen molar-refractivity contribution in [2.75, 3.05) is 26.2 Å². The predicted molar refractivity (Wildman–Crippen MR) is 100 cm³/mol. The van der Waals surface area contributed by atoms with E-state index in [1.54, 1.807) is 0 Å². The fourth-order valence-electron chi connectivity index (χ4n) is 2.64. The van der Waals surface area contributed by atoms with E-state index in [9.17, 15) is 17.3 Å². The first kappa shape index (κ1) is 34.7. The zero-order chi connectivity index (χ0) is 21.1. The molecule has 0 spiro atoms. The maximum Gasteiger partial charge on any atom is 1.00 e. The molecule has 0 atom stereocenters. The number of carbonyl (C=O) groups excluding carboxylic acids is 1. The Morgan fingerprint density at radius 3 is 1.00 bits per heavy atom. The van der Waals surface area contributed by atoms with Crippen LogP contribution in [0.25, 0.3) is 0 Å². The van der Waals surface area contributed by atoms with Crippen molar-refractivity contribution in [2.45, 2.75) is 86.0 Å². The topological polar surface area (TPSA) is 40.1 Å². The van der Waals surface area contributed by atoms with Gasteiger partial charge in [-0.3, -0.25) is 0 Å². The number of nitrogens with zero attached hydrogens (tertiary/aromatic N) is 1. The molecule has 0 aromatic carbocycles. The predicted octanol–water partition coefficient (Wildman–Crippen LogP) is 2.06. The number of hydrogen-bond acceptors (Lipinski definition) is 2. The van der Waals surface area contributed by atoms with Gasteiger partial charge in [0.15, 0.2) is 0 Å². The second kappa shape index (κ2) is 22.5. The van der Waals surface area contributed by atoms with Crippen LogP contribution in [0.2, 0.25) is 0 Å². The maximum atomic E-state index is 9.75. The molecule has 160 valence electrons. The Hall–Kier alpha value is 0.215. The SMILES string of the molecule is CC(=O)[O-].CCCC[N+](CCCC)(CCCC)CCCC.F[B-](F)(F)F.[Na+]. The van der Waals surface area contributed by atoms with E-state index in [1.165, 1.54) is 82.0 Å². The molecule has 0 rings (SSSR count). The first-order valence-electron chi connectivity index (χ1n) is 9.87. The van der Waals surface area contributed by atoms with Crippen LogP contribution in [0.4, 0.5) is 17.3 Å². The summed E-state index contributed by atoms with van der Waals surface area (Å²) in [5.74, 6) is -1.08. The molecule has 0 heterocycles. The Morgan fingerprint density at radius 2 is 0.889 bits per heavy atom. The van der Waals surface area contributed by atoms with Crippen LogP contribution in [0, 0.1) is 0 Å². The third-order valence-corrected chi connectivity index (χ3v) is 3.94. The number of halogens is 4. The summed E-state index contributed by atoms with van der Waals surface area (Å²) in [6.45, 7) is 16.0. The molecule has 0 fully saturated rings. The van der Waals surface area contributed by atoms with Crippen molar-refractivity contribution in [3.05, 3.63) is 0 Å². The minimum atomic E-state index is -6.00. The van der Waals surface area contributed by atoms with E-state index in [2.05, 4.69) is 27.7 Å². The van der Waals surface area contributed by atoms with Crippen molar-refractivity contribution in [1.82, 2.24) is 0 Å². The Morgan fingerprint density at radius 1 is 0.741 bits per heavy atom. The Labute approximate surface area is 186 Å². The molecule has 0 aliphatic rings. The smallest absolute Gasteiger partial charge is 0.550 e. The summed E-state index contributed by atoms with van der Waals surface area (Å²) in [7, 11) is -6.00. The number of carbonyl (C=O) groups is 1. The molecule has 0 saturated carbocycles. The van der Waals surface area contributed by atoms with Gasteiger partial charge in [0, 0.05) is 5.97 Å². The second-order valence-corrected chi connectivity index (χ2v) is 6.64. The summed E-state index contributed by atoms with van der Waals surface area (Å²) in [6, 6.07) is 0. The molecule has 0 amide bonds. The van der Waals surface area contributed by atoms with E-state index in [0.29, 0.717) is 0 Å². The molecule has 0 bridgehead atoms. The van der Waals surface area contributed by atoms with E-state index >= 15 is 0 Å². The van der Waals surface area contributed by atoms with E-state index in [-0.39, 0.29) is 29.6 Å². The number of rotatable bonds is 12. The summed E-state index contributed by atoms with van der Waals surface area (Å²) >= 11 is 0. The van der Waals surface area contributed by atoms with Crippen LogP contribution >= 0.6 is 0 Å². The quantitative estimate of drug-likeness (QED) is 0.280. The summed E-state index contributed by atoms with van der Waals surface area (Å²) in [4.78, 5) is 8.89. The van der Waals surface area contributed by atoms with Crippen LogP contribution in [0.1, 0.15) is 86.0 Å². The molecule has 9 heteroatoms. The van der Waals surface area contributed by atoms with Crippen molar-refractivity contribution in [3.63, 3.8) is 0 Å². The van der Waals surface area contributed by atoms with Crippen LogP contribution in [-0.2, 0) is 4.79 Å². The van der Waals surface area contributed by atoms with Crippen LogP contribution in [0.15, 0.2) is 0 Å². The summed E-state index contributed by atoms with van der Waals surface area (Å²) in [5, 5.41) is 8.89. The van der Waals surface area contributed by atoms with Gasteiger partial charge in [-0.25, -0.2) is 0 Å². The second-order valence-electron chi connectivity index (χ2n) is 6.64. The normalized spacial score (nSPS) is 10.7. The molecule has 0 saturated heterocycles. The molecular weight excluding hydrogens is 372 g/mol. The van der Waals surface area contributed by atoms with Gasteiger partial charge in [0.25, 0.3) is 0 Å². The van der Waals surface area contributed by atoms with Gasteiger partial charge < -0.3 is 31.6 Å².